The number of nitrogens with zero attached hydrogens (tertiary/aromatic N) is 3. The Labute approximate surface area is 126 Å². The molecule has 0 atom stereocenters. The van der Waals surface area contributed by atoms with Crippen molar-refractivity contribution in [2.75, 3.05) is 0 Å². The van der Waals surface area contributed by atoms with Gasteiger partial charge in [0.05, 0.1) is 0 Å². The van der Waals surface area contributed by atoms with Crippen molar-refractivity contribution in [3.05, 3.63) is 53.2 Å². The van der Waals surface area contributed by atoms with E-state index < -0.39 is 0 Å². The molecule has 2 heterocycles. The second-order valence-corrected chi connectivity index (χ2v) is 4.99. The first-order valence-corrected chi connectivity index (χ1v) is 6.85. The third-order valence-electron chi connectivity index (χ3n) is 3.26. The zero-order valence-corrected chi connectivity index (χ0v) is 12.4. The first kappa shape index (κ1) is 13.5. The number of hydrogen-bond donors (Lipinski definition) is 1. The summed E-state index contributed by atoms with van der Waals surface area (Å²) in [5, 5.41) is 8.27. The molecule has 106 valence electrons. The van der Waals surface area contributed by atoms with Crippen molar-refractivity contribution >= 4 is 23.4 Å². The average Bonchev–Trinajstić information content (AvgIpc) is 2.96. The zero-order valence-electron chi connectivity index (χ0n) is 11.5. The minimum absolute atomic E-state index is 0.235. The van der Waals surface area contributed by atoms with Crippen LogP contribution in [0, 0.1) is 10.2 Å². The van der Waals surface area contributed by atoms with Crippen molar-refractivity contribution in [1.82, 2.24) is 14.1 Å². The fourth-order valence-corrected chi connectivity index (χ4v) is 2.44. The monoisotopic (exact) mass is 298 g/mol. The third kappa shape index (κ3) is 2.13. The van der Waals surface area contributed by atoms with Crippen molar-refractivity contribution in [2.24, 2.45) is 7.05 Å². The minimum Gasteiger partial charge on any atom is -0.419 e. The molecule has 0 spiro atoms. The molecule has 0 aliphatic heterocycles. The molecule has 0 saturated carbocycles. The first-order chi connectivity index (χ1) is 10.1. The summed E-state index contributed by atoms with van der Waals surface area (Å²) in [5.74, 6) is 0.487. The standard InChI is InChI=1S/C15H14N4OS/c1-3-9-19-12(16)11-14(18(2)15(19)21)20-13(17-11)10-7-5-4-6-8-10/h3-8,16H,1,9H2,2H3. The maximum atomic E-state index is 8.27. The van der Waals surface area contributed by atoms with Crippen molar-refractivity contribution < 1.29 is 4.42 Å². The summed E-state index contributed by atoms with van der Waals surface area (Å²) in [6.07, 6.45) is 1.71. The van der Waals surface area contributed by atoms with Gasteiger partial charge in [0.25, 0.3) is 0 Å². The van der Waals surface area contributed by atoms with Crippen LogP contribution < -0.4 is 5.49 Å². The Balaban J connectivity index is 2.34. The van der Waals surface area contributed by atoms with Gasteiger partial charge in [-0.25, -0.2) is 4.98 Å². The maximum absolute atomic E-state index is 8.27. The SMILES string of the molecule is C=CCn1c(=N)c2nc(-c3ccccc3)oc2n(C)c1=S. The largest absolute Gasteiger partial charge is 0.419 e. The average molecular weight is 298 g/mol. The molecule has 1 N–H and O–H groups in total. The highest BCUT2D eigenvalue weighted by Crippen LogP contribution is 2.22. The summed E-state index contributed by atoms with van der Waals surface area (Å²) in [5.41, 5.74) is 2.10. The van der Waals surface area contributed by atoms with E-state index in [4.69, 9.17) is 22.0 Å². The summed E-state index contributed by atoms with van der Waals surface area (Å²) >= 11 is 5.37. The van der Waals surface area contributed by atoms with Gasteiger partial charge >= 0.3 is 0 Å². The number of benzene rings is 1. The Morgan fingerprint density at radius 3 is 2.76 bits per heavy atom. The minimum atomic E-state index is 0.235. The number of aryl methyl sites for hydroxylation is 1. The molecule has 0 bridgehead atoms. The molecule has 0 radical (unpaired) electrons. The van der Waals surface area contributed by atoms with E-state index in [1.165, 1.54) is 0 Å². The molecule has 0 aliphatic rings. The number of oxazole rings is 1. The molecule has 1 aromatic carbocycles. The van der Waals surface area contributed by atoms with Crippen LogP contribution in [0.25, 0.3) is 22.7 Å². The van der Waals surface area contributed by atoms with Crippen LogP contribution in [0.4, 0.5) is 0 Å². The Kier molecular flexibility index (Phi) is 3.31. The summed E-state index contributed by atoms with van der Waals surface area (Å²) in [7, 11) is 1.81. The van der Waals surface area contributed by atoms with E-state index in [9.17, 15) is 0 Å². The fraction of sp³-hybridized carbons (Fsp3) is 0.133. The van der Waals surface area contributed by atoms with Crippen LogP contribution in [-0.4, -0.2) is 14.1 Å². The third-order valence-corrected chi connectivity index (χ3v) is 3.75. The molecule has 3 rings (SSSR count). The van der Waals surface area contributed by atoms with Gasteiger partial charge in [0.15, 0.2) is 15.8 Å². The number of hydrogen-bond acceptors (Lipinski definition) is 4. The smallest absolute Gasteiger partial charge is 0.234 e. The van der Waals surface area contributed by atoms with Gasteiger partial charge in [-0.1, -0.05) is 24.3 Å². The fourth-order valence-electron chi connectivity index (χ4n) is 2.19. The quantitative estimate of drug-likeness (QED) is 0.597. The van der Waals surface area contributed by atoms with Gasteiger partial charge in [0, 0.05) is 19.2 Å². The second kappa shape index (κ2) is 5.14. The topological polar surface area (TPSA) is 59.7 Å². The van der Waals surface area contributed by atoms with Gasteiger partial charge < -0.3 is 4.42 Å². The molecule has 3 aromatic rings. The Bertz CT molecular complexity index is 934. The predicted octanol–water partition coefficient (Wildman–Crippen LogP) is 3.03. The van der Waals surface area contributed by atoms with E-state index in [1.54, 1.807) is 15.2 Å². The second-order valence-electron chi connectivity index (χ2n) is 4.63. The lowest BCUT2D eigenvalue weighted by molar-refractivity contribution is 0.570. The maximum Gasteiger partial charge on any atom is 0.234 e. The number of aromatic nitrogens is 3. The van der Waals surface area contributed by atoms with E-state index >= 15 is 0 Å². The van der Waals surface area contributed by atoms with Crippen LogP contribution in [0.15, 0.2) is 47.4 Å². The summed E-state index contributed by atoms with van der Waals surface area (Å²) in [4.78, 5) is 4.45. The molecule has 0 fully saturated rings. The van der Waals surface area contributed by atoms with Gasteiger partial charge in [0.2, 0.25) is 11.6 Å². The summed E-state index contributed by atoms with van der Waals surface area (Å²) < 4.78 is 9.71. The first-order valence-electron chi connectivity index (χ1n) is 6.44. The number of allylic oxidation sites excluding steroid dienone is 1. The molecule has 5 nitrogen and oxygen atoms in total. The molecule has 0 amide bonds. The highest BCUT2D eigenvalue weighted by molar-refractivity contribution is 7.71. The van der Waals surface area contributed by atoms with Gasteiger partial charge in [-0.3, -0.25) is 14.5 Å². The number of fused-ring (bicyclic) bond motifs is 1. The highest BCUT2D eigenvalue weighted by atomic mass is 32.1. The van der Waals surface area contributed by atoms with Crippen LogP contribution in [0.3, 0.4) is 0 Å². The van der Waals surface area contributed by atoms with E-state index in [0.29, 0.717) is 28.4 Å². The zero-order chi connectivity index (χ0) is 15.0. The molecular weight excluding hydrogens is 284 g/mol. The Morgan fingerprint density at radius 2 is 2.10 bits per heavy atom. The lowest BCUT2D eigenvalue weighted by Gasteiger charge is -2.07. The van der Waals surface area contributed by atoms with Crippen LogP contribution in [0.2, 0.25) is 0 Å². The van der Waals surface area contributed by atoms with Crippen LogP contribution in [0.1, 0.15) is 0 Å². The van der Waals surface area contributed by atoms with E-state index in [1.807, 2.05) is 37.4 Å². The molecule has 0 saturated heterocycles. The van der Waals surface area contributed by atoms with Crippen LogP contribution in [-0.2, 0) is 13.6 Å². The summed E-state index contributed by atoms with van der Waals surface area (Å²) in [6.45, 7) is 4.16. The molecular formula is C15H14N4OS. The lowest BCUT2D eigenvalue weighted by atomic mass is 10.2. The van der Waals surface area contributed by atoms with Gasteiger partial charge in [-0.2, -0.15) is 0 Å². The van der Waals surface area contributed by atoms with Gasteiger partial charge in [0.1, 0.15) is 0 Å². The molecule has 2 aromatic heterocycles. The van der Waals surface area contributed by atoms with E-state index in [2.05, 4.69) is 11.6 Å². The predicted molar refractivity (Wildman–Crippen MR) is 83.3 cm³/mol. The normalized spacial score (nSPS) is 10.9. The van der Waals surface area contributed by atoms with Crippen LogP contribution >= 0.6 is 12.2 Å². The van der Waals surface area contributed by atoms with Crippen molar-refractivity contribution in [1.29, 1.82) is 5.41 Å². The molecule has 0 aliphatic carbocycles. The Hall–Kier alpha value is -2.47. The molecule has 6 heteroatoms. The summed E-state index contributed by atoms with van der Waals surface area (Å²) in [6, 6.07) is 9.60. The molecule has 21 heavy (non-hydrogen) atoms. The lowest BCUT2D eigenvalue weighted by Crippen LogP contribution is -2.24. The number of nitrogens with one attached hydrogen (secondary N) is 1. The van der Waals surface area contributed by atoms with Crippen molar-refractivity contribution in [3.63, 3.8) is 0 Å². The van der Waals surface area contributed by atoms with E-state index in [0.717, 1.165) is 5.56 Å². The van der Waals surface area contributed by atoms with Crippen molar-refractivity contribution in [2.45, 2.75) is 6.54 Å². The Morgan fingerprint density at radius 1 is 1.38 bits per heavy atom. The van der Waals surface area contributed by atoms with E-state index in [-0.39, 0.29) is 5.49 Å². The molecule has 0 unspecified atom stereocenters. The number of rotatable bonds is 3. The van der Waals surface area contributed by atoms with Gasteiger partial charge in [-0.05, 0) is 24.4 Å². The highest BCUT2D eigenvalue weighted by Gasteiger charge is 2.14. The van der Waals surface area contributed by atoms with Crippen molar-refractivity contribution in [3.8, 4) is 11.5 Å². The van der Waals surface area contributed by atoms with Gasteiger partial charge in [-0.15, -0.1) is 6.58 Å². The van der Waals surface area contributed by atoms with Crippen LogP contribution in [0.5, 0.6) is 0 Å².